The van der Waals surface area contributed by atoms with Crippen molar-refractivity contribution in [3.05, 3.63) is 28.5 Å². The van der Waals surface area contributed by atoms with Gasteiger partial charge in [-0.05, 0) is 46.9 Å². The molecule has 2 heterocycles. The minimum Gasteiger partial charge on any atom is -0.469 e. The van der Waals surface area contributed by atoms with Crippen molar-refractivity contribution in [2.24, 2.45) is 0 Å². The van der Waals surface area contributed by atoms with E-state index in [1.54, 1.807) is 6.20 Å². The van der Waals surface area contributed by atoms with Gasteiger partial charge in [-0.3, -0.25) is 14.7 Å². The number of carbonyl (C=O) groups is 1. The van der Waals surface area contributed by atoms with Crippen molar-refractivity contribution in [2.75, 3.05) is 13.7 Å². The molecule has 0 N–H and O–H groups in total. The van der Waals surface area contributed by atoms with E-state index in [-0.39, 0.29) is 5.97 Å². The summed E-state index contributed by atoms with van der Waals surface area (Å²) in [7, 11) is 1.45. The molecule has 1 fully saturated rings. The molecule has 104 valence electrons. The van der Waals surface area contributed by atoms with E-state index in [1.165, 1.54) is 25.5 Å². The minimum absolute atomic E-state index is 0.121. The Morgan fingerprint density at radius 1 is 1.53 bits per heavy atom. The summed E-state index contributed by atoms with van der Waals surface area (Å²) in [6.07, 6.45) is 7.60. The van der Waals surface area contributed by atoms with E-state index in [1.807, 2.05) is 6.20 Å². The maximum absolute atomic E-state index is 11.5. The van der Waals surface area contributed by atoms with Gasteiger partial charge in [0.1, 0.15) is 0 Å². The van der Waals surface area contributed by atoms with Gasteiger partial charge in [-0.25, -0.2) is 0 Å². The lowest BCUT2D eigenvalue weighted by atomic mass is 9.99. The number of hydrogen-bond donors (Lipinski definition) is 0. The van der Waals surface area contributed by atoms with Gasteiger partial charge in [0.15, 0.2) is 0 Å². The van der Waals surface area contributed by atoms with Crippen LogP contribution in [-0.2, 0) is 16.1 Å². The molecular weight excluding hydrogens is 308 g/mol. The molecule has 1 saturated heterocycles. The smallest absolute Gasteiger partial charge is 0.307 e. The Labute approximate surface area is 122 Å². The zero-order valence-corrected chi connectivity index (χ0v) is 12.7. The molecule has 0 aromatic carbocycles. The molecule has 4 nitrogen and oxygen atoms in total. The summed E-state index contributed by atoms with van der Waals surface area (Å²) >= 11 is 3.44. The lowest BCUT2D eigenvalue weighted by Gasteiger charge is -2.35. The third kappa shape index (κ3) is 4.28. The second kappa shape index (κ2) is 7.01. The lowest BCUT2D eigenvalue weighted by molar-refractivity contribution is -0.142. The molecule has 1 aromatic heterocycles. The molecule has 5 heteroatoms. The van der Waals surface area contributed by atoms with Crippen LogP contribution >= 0.6 is 15.9 Å². The van der Waals surface area contributed by atoms with Gasteiger partial charge in [-0.2, -0.15) is 0 Å². The van der Waals surface area contributed by atoms with Crippen molar-refractivity contribution >= 4 is 21.9 Å². The Balaban J connectivity index is 2.01. The number of ether oxygens (including phenoxy) is 1. The summed E-state index contributed by atoms with van der Waals surface area (Å²) in [5, 5.41) is 0. The monoisotopic (exact) mass is 326 g/mol. The van der Waals surface area contributed by atoms with Crippen LogP contribution in [0.2, 0.25) is 0 Å². The molecule has 1 unspecified atom stereocenters. The van der Waals surface area contributed by atoms with E-state index in [9.17, 15) is 4.79 Å². The SMILES string of the molecule is COC(=O)CC1CCCCN1Cc1cncc(Br)c1. The quantitative estimate of drug-likeness (QED) is 0.798. The highest BCUT2D eigenvalue weighted by Crippen LogP contribution is 2.22. The molecule has 1 aliphatic rings. The number of aromatic nitrogens is 1. The highest BCUT2D eigenvalue weighted by Gasteiger charge is 2.25. The number of esters is 1. The van der Waals surface area contributed by atoms with E-state index < -0.39 is 0 Å². The molecule has 1 atom stereocenters. The number of rotatable bonds is 4. The predicted molar refractivity (Wildman–Crippen MR) is 76.6 cm³/mol. The molecule has 0 spiro atoms. The summed E-state index contributed by atoms with van der Waals surface area (Å²) < 4.78 is 5.78. The number of carbonyl (C=O) groups excluding carboxylic acids is 1. The number of methoxy groups -OCH3 is 1. The standard InChI is InChI=1S/C14H19BrN2O2/c1-19-14(18)7-13-4-2-3-5-17(13)10-11-6-12(15)9-16-8-11/h6,8-9,13H,2-5,7,10H2,1H3. The van der Waals surface area contributed by atoms with E-state index in [4.69, 9.17) is 4.74 Å². The highest BCUT2D eigenvalue weighted by atomic mass is 79.9. The van der Waals surface area contributed by atoms with Crippen LogP contribution in [0.1, 0.15) is 31.2 Å². The van der Waals surface area contributed by atoms with Crippen LogP contribution in [0.5, 0.6) is 0 Å². The van der Waals surface area contributed by atoms with Crippen LogP contribution in [-0.4, -0.2) is 35.5 Å². The average molecular weight is 327 g/mol. The molecule has 1 aromatic rings. The summed E-state index contributed by atoms with van der Waals surface area (Å²) in [5.74, 6) is -0.121. The summed E-state index contributed by atoms with van der Waals surface area (Å²) in [4.78, 5) is 18.0. The number of halogens is 1. The van der Waals surface area contributed by atoms with E-state index in [2.05, 4.69) is 31.9 Å². The molecule has 0 bridgehead atoms. The topological polar surface area (TPSA) is 42.4 Å². The summed E-state index contributed by atoms with van der Waals surface area (Å²) in [6.45, 7) is 1.88. The first kappa shape index (κ1) is 14.5. The van der Waals surface area contributed by atoms with E-state index >= 15 is 0 Å². The van der Waals surface area contributed by atoms with Crippen LogP contribution in [0.25, 0.3) is 0 Å². The third-order valence-corrected chi connectivity index (χ3v) is 3.96. The first-order valence-corrected chi connectivity index (χ1v) is 7.38. The number of pyridine rings is 1. The molecule has 0 radical (unpaired) electrons. The fourth-order valence-electron chi connectivity index (χ4n) is 2.55. The molecule has 0 saturated carbocycles. The van der Waals surface area contributed by atoms with Gasteiger partial charge in [-0.15, -0.1) is 0 Å². The maximum Gasteiger partial charge on any atom is 0.307 e. The van der Waals surface area contributed by atoms with Crippen LogP contribution in [0.15, 0.2) is 22.9 Å². The lowest BCUT2D eigenvalue weighted by Crippen LogP contribution is -2.40. The zero-order chi connectivity index (χ0) is 13.7. The second-order valence-corrected chi connectivity index (χ2v) is 5.83. The Kier molecular flexibility index (Phi) is 5.34. The van der Waals surface area contributed by atoms with Crippen molar-refractivity contribution in [3.63, 3.8) is 0 Å². The Morgan fingerprint density at radius 3 is 3.11 bits per heavy atom. The van der Waals surface area contributed by atoms with E-state index in [0.29, 0.717) is 12.5 Å². The first-order valence-electron chi connectivity index (χ1n) is 6.59. The van der Waals surface area contributed by atoms with Crippen molar-refractivity contribution < 1.29 is 9.53 Å². The number of nitrogens with zero attached hydrogens (tertiary/aromatic N) is 2. The van der Waals surface area contributed by atoms with Gasteiger partial charge in [0.05, 0.1) is 13.5 Å². The molecular formula is C14H19BrN2O2. The normalized spacial score (nSPS) is 20.2. The zero-order valence-electron chi connectivity index (χ0n) is 11.1. The number of hydrogen-bond acceptors (Lipinski definition) is 4. The van der Waals surface area contributed by atoms with Gasteiger partial charge in [-0.1, -0.05) is 6.42 Å². The van der Waals surface area contributed by atoms with Gasteiger partial charge in [0.2, 0.25) is 0 Å². The van der Waals surface area contributed by atoms with Crippen LogP contribution < -0.4 is 0 Å². The Hall–Kier alpha value is -0.940. The number of likely N-dealkylation sites (tertiary alicyclic amines) is 1. The molecule has 2 rings (SSSR count). The fraction of sp³-hybridized carbons (Fsp3) is 0.571. The third-order valence-electron chi connectivity index (χ3n) is 3.53. The fourth-order valence-corrected chi connectivity index (χ4v) is 2.96. The van der Waals surface area contributed by atoms with E-state index in [0.717, 1.165) is 24.0 Å². The predicted octanol–water partition coefficient (Wildman–Crippen LogP) is 2.76. The van der Waals surface area contributed by atoms with Crippen LogP contribution in [0.4, 0.5) is 0 Å². The largest absolute Gasteiger partial charge is 0.469 e. The minimum atomic E-state index is -0.121. The van der Waals surface area contributed by atoms with Crippen molar-refractivity contribution in [1.82, 2.24) is 9.88 Å². The maximum atomic E-state index is 11.5. The summed E-state index contributed by atoms with van der Waals surface area (Å²) in [5.41, 5.74) is 1.17. The highest BCUT2D eigenvalue weighted by molar-refractivity contribution is 9.10. The second-order valence-electron chi connectivity index (χ2n) is 4.91. The van der Waals surface area contributed by atoms with Crippen LogP contribution in [0.3, 0.4) is 0 Å². The van der Waals surface area contributed by atoms with Crippen LogP contribution in [0, 0.1) is 0 Å². The Morgan fingerprint density at radius 2 is 2.37 bits per heavy atom. The van der Waals surface area contributed by atoms with Crippen molar-refractivity contribution in [1.29, 1.82) is 0 Å². The first-order chi connectivity index (χ1) is 9.19. The molecule has 19 heavy (non-hydrogen) atoms. The average Bonchev–Trinajstić information content (AvgIpc) is 2.41. The number of piperidine rings is 1. The van der Waals surface area contributed by atoms with Crippen molar-refractivity contribution in [2.45, 2.75) is 38.3 Å². The van der Waals surface area contributed by atoms with Gasteiger partial charge in [0, 0.05) is 29.5 Å². The molecule has 0 amide bonds. The molecule has 1 aliphatic heterocycles. The Bertz CT molecular complexity index is 439. The van der Waals surface area contributed by atoms with Crippen molar-refractivity contribution in [3.8, 4) is 0 Å². The van der Waals surface area contributed by atoms with Gasteiger partial charge in [0.25, 0.3) is 0 Å². The van der Waals surface area contributed by atoms with Gasteiger partial charge < -0.3 is 4.74 Å². The molecule has 0 aliphatic carbocycles. The van der Waals surface area contributed by atoms with Gasteiger partial charge >= 0.3 is 5.97 Å². The summed E-state index contributed by atoms with van der Waals surface area (Å²) in [6, 6.07) is 2.37.